The second-order valence-electron chi connectivity index (χ2n) is 11.7. The Balaban J connectivity index is 1.61. The molecule has 3 saturated carbocycles. The molecule has 8 atom stereocenters. The molecule has 5 unspecified atom stereocenters. The molecular weight excluding hydrogens is 495 g/mol. The lowest BCUT2D eigenvalue weighted by Crippen LogP contribution is -2.70. The molecule has 0 aliphatic heterocycles. The van der Waals surface area contributed by atoms with E-state index in [0.29, 0.717) is 24.8 Å². The summed E-state index contributed by atoms with van der Waals surface area (Å²) in [6.45, 7) is 5.83. The van der Waals surface area contributed by atoms with Gasteiger partial charge in [-0.25, -0.2) is 9.18 Å². The fourth-order valence-corrected chi connectivity index (χ4v) is 8.26. The summed E-state index contributed by atoms with van der Waals surface area (Å²) in [5.41, 5.74) is -5.46. The fourth-order valence-electron chi connectivity index (χ4n) is 8.26. The van der Waals surface area contributed by atoms with Crippen LogP contribution in [0.4, 0.5) is 4.39 Å². The number of allylic oxidation sites excluding steroid dienone is 4. The third-order valence-corrected chi connectivity index (χ3v) is 10.0. The molecule has 0 spiro atoms. The summed E-state index contributed by atoms with van der Waals surface area (Å²) in [5, 5.41) is 11.6. The number of hydrogen-bond acceptors (Lipinski definition) is 8. The van der Waals surface area contributed by atoms with E-state index in [9.17, 15) is 24.3 Å². The number of carbonyl (C=O) groups excluding carboxylic acids is 4. The van der Waals surface area contributed by atoms with Gasteiger partial charge in [-0.05, 0) is 56.7 Å². The summed E-state index contributed by atoms with van der Waals surface area (Å²) in [5.74, 6) is -3.92. The van der Waals surface area contributed by atoms with E-state index in [0.717, 1.165) is 0 Å². The molecule has 0 bridgehead atoms. The van der Waals surface area contributed by atoms with Crippen molar-refractivity contribution >= 4 is 23.5 Å². The van der Waals surface area contributed by atoms with Crippen molar-refractivity contribution < 1.29 is 42.6 Å². The standard InChI is InChI=1S/C29H33FO8/c1-16-11-22-21-6-5-19-12-20(32)7-9-26(19,3)28(21,30)23(33)13-27(22,4)29(16,24(34)15-37-17(2)31)38-25(35)18-8-10-36-14-18/h7-10,12,14,16,21-23,33H,5-6,11,13,15H2,1-4H3/t16-,21?,22?,23?,26?,27?,28+,29+/m1/s1. The third-order valence-electron chi connectivity index (χ3n) is 10.0. The SMILES string of the molecule is CC(=O)OCC(=O)[C@@]1(OC(=O)c2ccoc2)[C@H](C)CC2C3CCC4=CC(=O)C=CC4(C)[C@@]3(F)C(O)CC21C. The Hall–Kier alpha value is -3.07. The zero-order chi connectivity index (χ0) is 27.7. The average Bonchev–Trinajstić information content (AvgIpc) is 3.46. The minimum atomic E-state index is -2.10. The third kappa shape index (κ3) is 3.36. The predicted molar refractivity (Wildman–Crippen MR) is 131 cm³/mol. The second-order valence-corrected chi connectivity index (χ2v) is 11.7. The molecule has 0 aromatic carbocycles. The lowest BCUT2D eigenvalue weighted by Gasteiger charge is -2.62. The number of aliphatic hydroxyl groups excluding tert-OH is 1. The number of rotatable bonds is 5. The van der Waals surface area contributed by atoms with Crippen LogP contribution in [0.1, 0.15) is 63.7 Å². The van der Waals surface area contributed by atoms with Gasteiger partial charge >= 0.3 is 11.9 Å². The van der Waals surface area contributed by atoms with Crippen molar-refractivity contribution in [3.63, 3.8) is 0 Å². The highest BCUT2D eigenvalue weighted by molar-refractivity contribution is 6.01. The number of ketones is 2. The maximum absolute atomic E-state index is 17.5. The van der Waals surface area contributed by atoms with E-state index >= 15 is 4.39 Å². The lowest BCUT2D eigenvalue weighted by atomic mass is 9.44. The fraction of sp³-hybridized carbons (Fsp3) is 0.586. The van der Waals surface area contributed by atoms with Crippen LogP contribution in [-0.2, 0) is 23.9 Å². The summed E-state index contributed by atoms with van der Waals surface area (Å²) in [6, 6.07) is 1.42. The van der Waals surface area contributed by atoms with Crippen LogP contribution in [0.15, 0.2) is 46.8 Å². The van der Waals surface area contributed by atoms with Crippen molar-refractivity contribution in [1.29, 1.82) is 0 Å². The molecule has 38 heavy (non-hydrogen) atoms. The number of esters is 2. The van der Waals surface area contributed by atoms with Gasteiger partial charge in [-0.3, -0.25) is 14.4 Å². The Morgan fingerprint density at radius 3 is 2.63 bits per heavy atom. The molecule has 0 saturated heterocycles. The summed E-state index contributed by atoms with van der Waals surface area (Å²) in [6.07, 6.45) is 6.43. The largest absolute Gasteiger partial charge is 0.472 e. The molecule has 0 amide bonds. The zero-order valence-corrected chi connectivity index (χ0v) is 22.0. The summed E-state index contributed by atoms with van der Waals surface area (Å²) < 4.78 is 33.6. The molecule has 204 valence electrons. The van der Waals surface area contributed by atoms with Gasteiger partial charge in [-0.1, -0.05) is 25.5 Å². The molecule has 3 fully saturated rings. The smallest absolute Gasteiger partial charge is 0.342 e. The van der Waals surface area contributed by atoms with E-state index < -0.39 is 70.3 Å². The van der Waals surface area contributed by atoms with E-state index in [2.05, 4.69) is 0 Å². The molecule has 9 heteroatoms. The summed E-state index contributed by atoms with van der Waals surface area (Å²) >= 11 is 0. The maximum Gasteiger partial charge on any atom is 0.342 e. The van der Waals surface area contributed by atoms with Gasteiger partial charge in [-0.15, -0.1) is 0 Å². The maximum atomic E-state index is 17.5. The van der Waals surface area contributed by atoms with Gasteiger partial charge in [0.05, 0.1) is 17.9 Å². The van der Waals surface area contributed by atoms with E-state index in [1.165, 1.54) is 37.7 Å². The van der Waals surface area contributed by atoms with Crippen molar-refractivity contribution in [1.82, 2.24) is 0 Å². The predicted octanol–water partition coefficient (Wildman–Crippen LogP) is 3.92. The molecule has 1 aromatic heterocycles. The first-order valence-electron chi connectivity index (χ1n) is 13.0. The molecule has 1 aromatic rings. The highest BCUT2D eigenvalue weighted by Gasteiger charge is 2.77. The molecule has 1 N–H and O–H groups in total. The van der Waals surface area contributed by atoms with Gasteiger partial charge in [0, 0.05) is 29.6 Å². The number of aliphatic hydroxyl groups is 1. The number of ether oxygens (including phenoxy) is 2. The monoisotopic (exact) mass is 528 g/mol. The normalized spacial score (nSPS) is 41.4. The van der Waals surface area contributed by atoms with Crippen LogP contribution in [0.25, 0.3) is 0 Å². The quantitative estimate of drug-likeness (QED) is 0.571. The van der Waals surface area contributed by atoms with Gasteiger partial charge in [0.2, 0.25) is 5.78 Å². The first-order chi connectivity index (χ1) is 17.8. The minimum absolute atomic E-state index is 0.108. The van der Waals surface area contributed by atoms with Crippen LogP contribution >= 0.6 is 0 Å². The van der Waals surface area contributed by atoms with Crippen LogP contribution in [0.3, 0.4) is 0 Å². The Morgan fingerprint density at radius 1 is 1.24 bits per heavy atom. The average molecular weight is 529 g/mol. The van der Waals surface area contributed by atoms with Gasteiger partial charge in [0.1, 0.15) is 6.26 Å². The molecule has 4 aliphatic carbocycles. The van der Waals surface area contributed by atoms with Crippen molar-refractivity contribution in [2.75, 3.05) is 6.61 Å². The first-order valence-corrected chi connectivity index (χ1v) is 13.0. The number of furan rings is 1. The molecule has 1 heterocycles. The summed E-state index contributed by atoms with van der Waals surface area (Å²) in [7, 11) is 0. The number of hydrogen-bond donors (Lipinski definition) is 1. The lowest BCUT2D eigenvalue weighted by molar-refractivity contribution is -0.220. The Bertz CT molecular complexity index is 1250. The minimum Gasteiger partial charge on any atom is -0.472 e. The van der Waals surface area contributed by atoms with Crippen molar-refractivity contribution in [2.45, 2.75) is 70.8 Å². The molecule has 5 rings (SSSR count). The van der Waals surface area contributed by atoms with E-state index in [1.807, 2.05) is 0 Å². The molecule has 8 nitrogen and oxygen atoms in total. The van der Waals surface area contributed by atoms with Gasteiger partial charge < -0.3 is 19.0 Å². The van der Waals surface area contributed by atoms with E-state index in [4.69, 9.17) is 13.9 Å². The highest BCUT2D eigenvalue weighted by Crippen LogP contribution is 2.71. The number of halogens is 1. The van der Waals surface area contributed by atoms with Crippen molar-refractivity contribution in [3.8, 4) is 0 Å². The van der Waals surface area contributed by atoms with Crippen molar-refractivity contribution in [2.24, 2.45) is 28.6 Å². The molecule has 4 aliphatic rings. The molecule has 0 radical (unpaired) electrons. The number of fused-ring (bicyclic) bond motifs is 5. The Labute approximate surface area is 220 Å². The Morgan fingerprint density at radius 2 is 1.97 bits per heavy atom. The van der Waals surface area contributed by atoms with Crippen LogP contribution < -0.4 is 0 Å². The number of carbonyl (C=O) groups is 4. The van der Waals surface area contributed by atoms with Crippen molar-refractivity contribution in [3.05, 3.63) is 48.0 Å². The van der Waals surface area contributed by atoms with Gasteiger partial charge in [0.15, 0.2) is 23.7 Å². The highest BCUT2D eigenvalue weighted by atomic mass is 19.1. The van der Waals surface area contributed by atoms with E-state index in [1.54, 1.807) is 26.8 Å². The number of alkyl halides is 1. The number of Topliss-reactive ketones (excluding diaryl/α,β-unsaturated/α-hetero) is 1. The topological polar surface area (TPSA) is 120 Å². The zero-order valence-electron chi connectivity index (χ0n) is 22.0. The van der Waals surface area contributed by atoms with Gasteiger partial charge in [-0.2, -0.15) is 0 Å². The van der Waals surface area contributed by atoms with Gasteiger partial charge in [0.25, 0.3) is 0 Å². The van der Waals surface area contributed by atoms with Crippen LogP contribution in [0, 0.1) is 28.6 Å². The summed E-state index contributed by atoms with van der Waals surface area (Å²) in [4.78, 5) is 50.8. The Kier molecular flexibility index (Phi) is 6.09. The van der Waals surface area contributed by atoms with Crippen LogP contribution in [0.5, 0.6) is 0 Å². The molecular formula is C29H33FO8. The first kappa shape index (κ1) is 26.5. The second kappa shape index (κ2) is 8.73. The van der Waals surface area contributed by atoms with Crippen LogP contribution in [-0.4, -0.2) is 52.6 Å². The van der Waals surface area contributed by atoms with Crippen LogP contribution in [0.2, 0.25) is 0 Å². The van der Waals surface area contributed by atoms with E-state index in [-0.39, 0.29) is 17.8 Å².